The van der Waals surface area contributed by atoms with E-state index in [1.54, 1.807) is 5.38 Å². The van der Waals surface area contributed by atoms with Gasteiger partial charge in [-0.25, -0.2) is 9.78 Å². The number of hydrogen-bond acceptors (Lipinski definition) is 6. The van der Waals surface area contributed by atoms with E-state index < -0.39 is 5.97 Å². The Kier molecular flexibility index (Phi) is 5.83. The lowest BCUT2D eigenvalue weighted by Gasteiger charge is -2.04. The van der Waals surface area contributed by atoms with Gasteiger partial charge in [-0.3, -0.25) is 4.79 Å². The standard InChI is InChI=1S/C20H18N2O4S/c1-13-2-6-15(7-3-13)21-18(24)10-19-22-16(12-27-19)11-26-20(25)14-4-8-17(23)9-5-14/h2-9,12,23H,10-11H2,1H3,(H,21,24). The number of carbonyl (C=O) groups is 2. The zero-order valence-electron chi connectivity index (χ0n) is 14.6. The summed E-state index contributed by atoms with van der Waals surface area (Å²) in [6.07, 6.45) is 0.157. The highest BCUT2D eigenvalue weighted by Crippen LogP contribution is 2.15. The molecule has 27 heavy (non-hydrogen) atoms. The van der Waals surface area contributed by atoms with Crippen LogP contribution in [0.15, 0.2) is 53.9 Å². The summed E-state index contributed by atoms with van der Waals surface area (Å²) in [5, 5.41) is 14.5. The van der Waals surface area contributed by atoms with E-state index in [2.05, 4.69) is 10.3 Å². The fourth-order valence-corrected chi connectivity index (χ4v) is 3.07. The topological polar surface area (TPSA) is 88.5 Å². The van der Waals surface area contributed by atoms with Crippen LogP contribution in [0, 0.1) is 6.92 Å². The van der Waals surface area contributed by atoms with Crippen LogP contribution in [0.4, 0.5) is 5.69 Å². The number of anilines is 1. The minimum absolute atomic E-state index is 0.0236. The second-order valence-corrected chi connectivity index (χ2v) is 6.89. The van der Waals surface area contributed by atoms with Crippen molar-refractivity contribution in [1.29, 1.82) is 0 Å². The summed E-state index contributed by atoms with van der Waals surface area (Å²) in [7, 11) is 0. The number of thiazole rings is 1. The summed E-state index contributed by atoms with van der Waals surface area (Å²) < 4.78 is 5.20. The van der Waals surface area contributed by atoms with Crippen LogP contribution in [0.3, 0.4) is 0 Å². The van der Waals surface area contributed by atoms with Gasteiger partial charge >= 0.3 is 5.97 Å². The van der Waals surface area contributed by atoms with Crippen LogP contribution in [0.2, 0.25) is 0 Å². The van der Waals surface area contributed by atoms with Crippen molar-refractivity contribution in [3.8, 4) is 5.75 Å². The van der Waals surface area contributed by atoms with E-state index in [9.17, 15) is 14.7 Å². The van der Waals surface area contributed by atoms with E-state index in [0.717, 1.165) is 11.3 Å². The van der Waals surface area contributed by atoms with E-state index in [4.69, 9.17) is 4.74 Å². The molecule has 6 nitrogen and oxygen atoms in total. The van der Waals surface area contributed by atoms with Crippen molar-refractivity contribution in [3.63, 3.8) is 0 Å². The van der Waals surface area contributed by atoms with Gasteiger partial charge in [-0.2, -0.15) is 0 Å². The third kappa shape index (κ3) is 5.39. The highest BCUT2D eigenvalue weighted by molar-refractivity contribution is 7.09. The molecule has 1 amide bonds. The van der Waals surface area contributed by atoms with Crippen LogP contribution >= 0.6 is 11.3 Å². The SMILES string of the molecule is Cc1ccc(NC(=O)Cc2nc(COC(=O)c3ccc(O)cc3)cs2)cc1. The molecular formula is C20H18N2O4S. The molecule has 3 aromatic rings. The number of phenolic OH excluding ortho intramolecular Hbond substituents is 1. The molecular weight excluding hydrogens is 364 g/mol. The molecule has 0 bridgehead atoms. The third-order valence-corrected chi connectivity index (χ3v) is 4.60. The molecule has 7 heteroatoms. The zero-order chi connectivity index (χ0) is 19.2. The Morgan fingerprint density at radius 1 is 1.11 bits per heavy atom. The summed E-state index contributed by atoms with van der Waals surface area (Å²) in [5.74, 6) is -0.567. The monoisotopic (exact) mass is 382 g/mol. The Balaban J connectivity index is 1.50. The average molecular weight is 382 g/mol. The molecule has 0 saturated carbocycles. The molecule has 0 aliphatic heterocycles. The number of hydrogen-bond donors (Lipinski definition) is 2. The van der Waals surface area contributed by atoms with Gasteiger partial charge in [0, 0.05) is 11.1 Å². The summed E-state index contributed by atoms with van der Waals surface area (Å²) in [5.41, 5.74) is 2.80. The third-order valence-electron chi connectivity index (χ3n) is 3.70. The molecule has 0 fully saturated rings. The predicted molar refractivity (Wildman–Crippen MR) is 103 cm³/mol. The van der Waals surface area contributed by atoms with Gasteiger partial charge in [-0.1, -0.05) is 17.7 Å². The number of amides is 1. The number of nitrogens with zero attached hydrogens (tertiary/aromatic N) is 1. The molecule has 2 N–H and O–H groups in total. The molecule has 0 atom stereocenters. The minimum atomic E-state index is -0.498. The van der Waals surface area contributed by atoms with Gasteiger partial charge < -0.3 is 15.2 Å². The summed E-state index contributed by atoms with van der Waals surface area (Å²) in [6.45, 7) is 2.01. The van der Waals surface area contributed by atoms with Crippen molar-refractivity contribution in [2.45, 2.75) is 20.0 Å². The summed E-state index contributed by atoms with van der Waals surface area (Å²) in [6, 6.07) is 13.4. The Morgan fingerprint density at radius 3 is 2.52 bits per heavy atom. The highest BCUT2D eigenvalue weighted by atomic mass is 32.1. The van der Waals surface area contributed by atoms with Crippen LogP contribution < -0.4 is 5.32 Å². The maximum atomic E-state index is 12.1. The van der Waals surface area contributed by atoms with Crippen molar-refractivity contribution in [2.75, 3.05) is 5.32 Å². The minimum Gasteiger partial charge on any atom is -0.508 e. The van der Waals surface area contributed by atoms with E-state index in [1.807, 2.05) is 31.2 Å². The fraction of sp³-hybridized carbons (Fsp3) is 0.150. The first kappa shape index (κ1) is 18.6. The van der Waals surface area contributed by atoms with Crippen molar-refractivity contribution < 1.29 is 19.4 Å². The van der Waals surface area contributed by atoms with Crippen molar-refractivity contribution in [3.05, 3.63) is 75.7 Å². The van der Waals surface area contributed by atoms with Gasteiger partial charge in [0.15, 0.2) is 0 Å². The zero-order valence-corrected chi connectivity index (χ0v) is 15.5. The van der Waals surface area contributed by atoms with Crippen molar-refractivity contribution in [2.24, 2.45) is 0 Å². The van der Waals surface area contributed by atoms with Crippen LogP contribution in [0.1, 0.15) is 26.6 Å². The Morgan fingerprint density at radius 2 is 1.81 bits per heavy atom. The molecule has 0 radical (unpaired) electrons. The Labute approximate surface area is 160 Å². The van der Waals surface area contributed by atoms with E-state index >= 15 is 0 Å². The smallest absolute Gasteiger partial charge is 0.338 e. The average Bonchev–Trinajstić information content (AvgIpc) is 3.09. The molecule has 0 unspecified atom stereocenters. The number of rotatable bonds is 6. The number of aromatic nitrogens is 1. The summed E-state index contributed by atoms with van der Waals surface area (Å²) in [4.78, 5) is 28.4. The Hall–Kier alpha value is -3.19. The van der Waals surface area contributed by atoms with E-state index in [1.165, 1.54) is 35.6 Å². The van der Waals surface area contributed by atoms with Crippen LogP contribution in [-0.4, -0.2) is 22.0 Å². The number of aromatic hydroxyl groups is 1. The molecule has 0 aliphatic carbocycles. The Bertz CT molecular complexity index is 933. The van der Waals surface area contributed by atoms with Crippen LogP contribution in [-0.2, 0) is 22.6 Å². The number of esters is 1. The maximum Gasteiger partial charge on any atom is 0.338 e. The molecule has 1 heterocycles. The van der Waals surface area contributed by atoms with Gasteiger partial charge in [0.25, 0.3) is 0 Å². The fourth-order valence-electron chi connectivity index (χ4n) is 2.30. The second-order valence-electron chi connectivity index (χ2n) is 5.95. The lowest BCUT2D eigenvalue weighted by atomic mass is 10.2. The predicted octanol–water partition coefficient (Wildman–Crippen LogP) is 3.70. The number of phenols is 1. The lowest BCUT2D eigenvalue weighted by Crippen LogP contribution is -2.14. The molecule has 0 aliphatic rings. The van der Waals surface area contributed by atoms with Gasteiger partial charge in [-0.15, -0.1) is 11.3 Å². The first-order valence-electron chi connectivity index (χ1n) is 8.25. The van der Waals surface area contributed by atoms with Gasteiger partial charge in [0.05, 0.1) is 17.7 Å². The number of carbonyl (C=O) groups excluding carboxylic acids is 2. The molecule has 0 saturated heterocycles. The molecule has 1 aromatic heterocycles. The van der Waals surface area contributed by atoms with Gasteiger partial charge in [-0.05, 0) is 43.3 Å². The number of aryl methyl sites for hydroxylation is 1. The second kappa shape index (κ2) is 8.46. The van der Waals surface area contributed by atoms with Crippen molar-refractivity contribution >= 4 is 28.9 Å². The molecule has 3 rings (SSSR count). The van der Waals surface area contributed by atoms with Gasteiger partial charge in [0.2, 0.25) is 5.91 Å². The lowest BCUT2D eigenvalue weighted by molar-refractivity contribution is -0.115. The largest absolute Gasteiger partial charge is 0.508 e. The first-order chi connectivity index (χ1) is 13.0. The van der Waals surface area contributed by atoms with Crippen molar-refractivity contribution in [1.82, 2.24) is 4.98 Å². The van der Waals surface area contributed by atoms with E-state index in [0.29, 0.717) is 16.3 Å². The molecule has 0 spiro atoms. The van der Waals surface area contributed by atoms with Crippen LogP contribution in [0.25, 0.3) is 0 Å². The maximum absolute atomic E-state index is 12.1. The quantitative estimate of drug-likeness (QED) is 0.635. The molecule has 138 valence electrons. The number of nitrogens with one attached hydrogen (secondary N) is 1. The number of ether oxygens (including phenoxy) is 1. The van der Waals surface area contributed by atoms with E-state index in [-0.39, 0.29) is 24.7 Å². The van der Waals surface area contributed by atoms with Crippen LogP contribution in [0.5, 0.6) is 5.75 Å². The van der Waals surface area contributed by atoms with Gasteiger partial charge in [0.1, 0.15) is 17.4 Å². The first-order valence-corrected chi connectivity index (χ1v) is 9.13. The normalized spacial score (nSPS) is 10.4. The summed E-state index contributed by atoms with van der Waals surface area (Å²) >= 11 is 1.34. The molecule has 2 aromatic carbocycles. The highest BCUT2D eigenvalue weighted by Gasteiger charge is 2.11. The number of benzene rings is 2.